The number of carboxylic acid groups (broad SMARTS) is 1. The minimum atomic E-state index is -2.07. The lowest BCUT2D eigenvalue weighted by atomic mass is 9.91. The van der Waals surface area contributed by atoms with Gasteiger partial charge in [0.2, 0.25) is 106 Å². The molecule has 43 heteroatoms. The number of hydrogen-bond acceptors (Lipinski definition) is 23. The number of thioether (sulfide) groups is 1. The molecule has 0 saturated carbocycles. The van der Waals surface area contributed by atoms with Crippen molar-refractivity contribution in [2.45, 2.75) is 228 Å². The van der Waals surface area contributed by atoms with Crippen molar-refractivity contribution in [2.75, 3.05) is 31.7 Å². The molecule has 0 bridgehead atoms. The lowest BCUT2D eigenvalue weighted by Crippen LogP contribution is -2.64. The van der Waals surface area contributed by atoms with Crippen LogP contribution in [0.4, 0.5) is 0 Å². The summed E-state index contributed by atoms with van der Waals surface area (Å²) in [4.78, 5) is 267. The van der Waals surface area contributed by atoms with Crippen LogP contribution in [-0.2, 0) is 110 Å². The van der Waals surface area contributed by atoms with E-state index in [2.05, 4.69) is 79.4 Å². The normalized spacial score (nSPS) is 18.7. The molecule has 18 amide bonds. The fourth-order valence-corrected chi connectivity index (χ4v) is 14.7. The van der Waals surface area contributed by atoms with Crippen LogP contribution in [-0.4, -0.2) is 243 Å². The Labute approximate surface area is 735 Å². The molecule has 1 aromatic heterocycles. The van der Waals surface area contributed by atoms with Crippen LogP contribution in [0.15, 0.2) is 97.2 Å². The van der Waals surface area contributed by atoms with Gasteiger partial charge in [-0.15, -0.1) is 0 Å². The maximum Gasteiger partial charge on any atom is 0.303 e. The molecule has 127 heavy (non-hydrogen) atoms. The number of unbranched alkanes of at least 4 members (excludes halogenated alkanes) is 2. The fourth-order valence-electron chi connectivity index (χ4n) is 13.7. The van der Waals surface area contributed by atoms with E-state index < -0.39 is 241 Å². The molecule has 1 saturated heterocycles. The number of H-pyrrole nitrogens is 1. The van der Waals surface area contributed by atoms with Gasteiger partial charge in [0.1, 0.15) is 83.8 Å². The minimum absolute atomic E-state index is 0.0891. The number of amides is 18. The van der Waals surface area contributed by atoms with Gasteiger partial charge in [-0.2, -0.15) is 11.8 Å². The molecular weight excluding hydrogens is 1670 g/mol. The second kappa shape index (κ2) is 50.6. The summed E-state index contributed by atoms with van der Waals surface area (Å²) in [6.45, 7) is 6.19. The van der Waals surface area contributed by atoms with E-state index in [4.69, 9.17) is 33.4 Å². The molecule has 0 spiro atoms. The van der Waals surface area contributed by atoms with Crippen LogP contribution >= 0.6 is 11.8 Å². The number of hydrogen-bond donors (Lipinski definition) is 22. The highest BCUT2D eigenvalue weighted by molar-refractivity contribution is 7.99. The average Bonchev–Trinajstić information content (AvgIpc) is 1.79. The van der Waals surface area contributed by atoms with Crippen LogP contribution in [0, 0.1) is 0 Å². The molecule has 0 aliphatic carbocycles. The maximum atomic E-state index is 15.8. The van der Waals surface area contributed by atoms with E-state index in [1.54, 1.807) is 91.1 Å². The number of nitrogens with two attached hydrogens (primary N) is 5. The first-order chi connectivity index (χ1) is 60.2. The summed E-state index contributed by atoms with van der Waals surface area (Å²) in [5.41, 5.74) is 27.9. The van der Waals surface area contributed by atoms with Gasteiger partial charge < -0.3 is 123 Å². The summed E-state index contributed by atoms with van der Waals surface area (Å²) in [5.74, 6) is -19.7. The number of nitrogens with one attached hydrogen (secondary N) is 15. The summed E-state index contributed by atoms with van der Waals surface area (Å²) < 4.78 is 5.42. The third kappa shape index (κ3) is 33.9. The van der Waals surface area contributed by atoms with E-state index in [0.29, 0.717) is 38.7 Å². The van der Waals surface area contributed by atoms with Crippen LogP contribution in [0.3, 0.4) is 0 Å². The number of carboxylic acids is 1. The largest absolute Gasteiger partial charge is 0.497 e. The molecule has 42 nitrogen and oxygen atoms in total. The Morgan fingerprint density at radius 1 is 0.575 bits per heavy atom. The van der Waals surface area contributed by atoms with Gasteiger partial charge in [-0.25, -0.2) is 0 Å². The molecule has 6 rings (SSSR count). The highest BCUT2D eigenvalue weighted by Gasteiger charge is 2.42. The van der Waals surface area contributed by atoms with Crippen molar-refractivity contribution in [3.8, 4) is 5.75 Å². The summed E-state index contributed by atoms with van der Waals surface area (Å²) >= 11 is 0.916. The van der Waals surface area contributed by atoms with Crippen molar-refractivity contribution >= 4 is 146 Å². The van der Waals surface area contributed by atoms with Gasteiger partial charge in [0.25, 0.3) is 0 Å². The Balaban J connectivity index is 1.44. The molecule has 2 heterocycles. The van der Waals surface area contributed by atoms with E-state index in [-0.39, 0.29) is 89.0 Å². The summed E-state index contributed by atoms with van der Waals surface area (Å²) in [7, 11) is 1.40. The first-order valence-electron chi connectivity index (χ1n) is 41.3. The van der Waals surface area contributed by atoms with Crippen molar-refractivity contribution in [3.05, 3.63) is 114 Å². The molecule has 1 fully saturated rings. The lowest BCUT2D eigenvalue weighted by Gasteiger charge is -2.34. The smallest absolute Gasteiger partial charge is 0.303 e. The second-order valence-corrected chi connectivity index (χ2v) is 32.3. The first kappa shape index (κ1) is 102. The van der Waals surface area contributed by atoms with Gasteiger partial charge in [0.05, 0.1) is 19.6 Å². The Hall–Kier alpha value is -13.3. The second-order valence-electron chi connectivity index (χ2n) is 31.2. The monoisotopic (exact) mass is 1790 g/mol. The number of para-hydroxylation sites is 1. The predicted molar refractivity (Wildman–Crippen MR) is 463 cm³/mol. The van der Waals surface area contributed by atoms with Crippen LogP contribution in [0.2, 0.25) is 0 Å². The first-order valence-corrected chi connectivity index (χ1v) is 42.5. The quantitative estimate of drug-likeness (QED) is 0.0164. The molecule has 5 aromatic rings. The van der Waals surface area contributed by atoms with E-state index in [1.807, 2.05) is 6.07 Å². The number of methoxy groups -OCH3 is 1. The Morgan fingerprint density at radius 3 is 1.78 bits per heavy atom. The number of aliphatic carboxylic acids is 1. The third-order valence-corrected chi connectivity index (χ3v) is 21.8. The fraction of sp³-hybridized carbons (Fsp3) is 0.488. The number of ether oxygens (including phenoxy) is 1. The van der Waals surface area contributed by atoms with Crippen LogP contribution < -0.4 is 108 Å². The number of aliphatic hydroxyl groups excluding tert-OH is 1. The van der Waals surface area contributed by atoms with Gasteiger partial charge in [0, 0.05) is 81.8 Å². The molecule has 1 aliphatic rings. The molecule has 1 aliphatic heterocycles. The number of aliphatic hydroxyl groups is 1. The number of benzene rings is 4. The number of carbonyl (C=O) groups excluding carboxylic acids is 18. The topological polar surface area (TPSA) is 688 Å². The zero-order valence-electron chi connectivity index (χ0n) is 71.4. The van der Waals surface area contributed by atoms with Crippen LogP contribution in [0.1, 0.15) is 141 Å². The van der Waals surface area contributed by atoms with Crippen LogP contribution in [0.5, 0.6) is 5.75 Å². The molecule has 690 valence electrons. The zero-order chi connectivity index (χ0) is 93.8. The van der Waals surface area contributed by atoms with Crippen molar-refractivity contribution in [2.24, 2.45) is 28.7 Å². The van der Waals surface area contributed by atoms with Crippen molar-refractivity contribution < 1.29 is 106 Å². The summed E-state index contributed by atoms with van der Waals surface area (Å²) in [6, 6.07) is 5.21. The minimum Gasteiger partial charge on any atom is -0.497 e. The molecule has 27 N–H and O–H groups in total. The lowest BCUT2D eigenvalue weighted by molar-refractivity contribution is -0.138. The standard InChI is InChI=1S/C84H116N20O22S/c1-44(72(114)94-56(71(89)113)28-31-69(111)112)92-77(119)64(41-68(88)110)99-73(115)57(19-11-14-35-90-46(3)106)102-83(125)84(5,33-12-13-34-85)104-81(123)62(39-49-20-23-50-15-7-8-16-51(50)37-49)98-78(120)61(38-48-21-24-53(126-6)25-22-48)97-80(122)65-43-127-36-32-60(93-47(4)107)75(117)95-59(27-30-67(87)109)76(118)103-70(45(2)105)82(124)100-63(40-52-42-91-55-18-10-9-17-54(52)55)79(121)96-58(74(116)101-65)26-29-66(86)108/h7-10,15-18,20-25,37,42,44-45,56-65,70,91,105H,11-14,19,26-36,38-41,43,85H2,1-6H3,(H2,86,108)(H2,87,109)(H2,88,110)(H2,89,113)(H,90,106)(H,92,119)(H,93,107)(H,94,114)(H,95,117)(H,96,121)(H,97,122)(H,98,120)(H,99,115)(H,100,124)(H,101,116)(H,102,125)(H,103,118)(H,104,123)(H,111,112)/t44-,45+,56-,57-,58-,59-,60-,61-,62-,63-,64-,65-,70-,84-/m0/s1. The summed E-state index contributed by atoms with van der Waals surface area (Å²) in [5, 5.41) is 58.1. The molecule has 0 radical (unpaired) electrons. The molecular formula is C84H116N20O22S. The predicted octanol–water partition coefficient (Wildman–Crippen LogP) is -4.20. The Kier molecular flexibility index (Phi) is 40.8. The molecule has 4 aromatic carbocycles. The number of rotatable bonds is 44. The summed E-state index contributed by atoms with van der Waals surface area (Å²) in [6.07, 6.45) is -5.25. The highest BCUT2D eigenvalue weighted by atomic mass is 32.2. The number of aromatic amines is 1. The van der Waals surface area contributed by atoms with Crippen molar-refractivity contribution in [1.82, 2.24) is 79.4 Å². The van der Waals surface area contributed by atoms with E-state index in [0.717, 1.165) is 31.0 Å². The Bertz CT molecular complexity index is 4780. The van der Waals surface area contributed by atoms with Gasteiger partial charge in [-0.05, 0) is 143 Å². The van der Waals surface area contributed by atoms with Gasteiger partial charge in [-0.3, -0.25) is 91.1 Å². The number of aromatic nitrogens is 1. The maximum absolute atomic E-state index is 15.8. The van der Waals surface area contributed by atoms with E-state index >= 15 is 28.8 Å². The number of fused-ring (bicyclic) bond motifs is 2. The van der Waals surface area contributed by atoms with Crippen molar-refractivity contribution in [3.63, 3.8) is 0 Å². The van der Waals surface area contributed by atoms with Gasteiger partial charge >= 0.3 is 5.97 Å². The molecule has 14 atom stereocenters. The number of carbonyl (C=O) groups is 19. The van der Waals surface area contributed by atoms with Crippen LogP contribution in [0.25, 0.3) is 21.7 Å². The SMILES string of the molecule is COc1ccc(C[C@H](NC(=O)[C@@H]2CSCC[C@H](NC(C)=O)C(=O)N[C@@H](CCC(N)=O)C(=O)N[C@@H]([C@@H](C)O)C(=O)N[C@@H](Cc3c[nH]c4ccccc34)C(=O)N[C@@H](CCC(N)=O)C(=O)N2)C(=O)N[C@@H](Cc2ccc3ccccc3c2)C(=O)N[C@@](C)(CCCCN)C(=O)N[C@@H](CCCCNC(C)=O)C(=O)N[C@@H](CC(N)=O)C(=O)N[C@@H](C)C(=O)N[C@@H](CCC(=O)O)C(N)=O)cc1. The highest BCUT2D eigenvalue weighted by Crippen LogP contribution is 2.24. The third-order valence-electron chi connectivity index (χ3n) is 20.7. The van der Waals surface area contributed by atoms with E-state index in [1.165, 1.54) is 27.9 Å². The number of primary amides is 4. The average molecular weight is 1790 g/mol. The zero-order valence-corrected chi connectivity index (χ0v) is 72.3. The van der Waals surface area contributed by atoms with Gasteiger partial charge in [-0.1, -0.05) is 72.8 Å². The van der Waals surface area contributed by atoms with E-state index in [9.17, 15) is 72.5 Å². The van der Waals surface area contributed by atoms with Gasteiger partial charge in [0.15, 0.2) is 0 Å². The van der Waals surface area contributed by atoms with Crippen molar-refractivity contribution in [1.29, 1.82) is 0 Å². The Morgan fingerprint density at radius 2 is 1.16 bits per heavy atom. The molecule has 0 unspecified atom stereocenters.